The summed E-state index contributed by atoms with van der Waals surface area (Å²) in [5, 5.41) is 0. The van der Waals surface area contributed by atoms with Crippen molar-refractivity contribution in [2.24, 2.45) is 5.73 Å². The first-order valence-corrected chi connectivity index (χ1v) is 7.18. The molecule has 0 radical (unpaired) electrons. The van der Waals surface area contributed by atoms with Gasteiger partial charge in [-0.25, -0.2) is 0 Å². The van der Waals surface area contributed by atoms with E-state index in [0.717, 1.165) is 12.1 Å². The van der Waals surface area contributed by atoms with Crippen molar-refractivity contribution in [1.82, 2.24) is 8.75 Å². The Morgan fingerprint density at radius 2 is 2.28 bits per heavy atom. The number of hydrogen-bond donors (Lipinski definition) is 1. The highest BCUT2D eigenvalue weighted by Gasteiger charge is 2.23. The molecular formula is C14H17N3S. The van der Waals surface area contributed by atoms with Gasteiger partial charge >= 0.3 is 0 Å². The summed E-state index contributed by atoms with van der Waals surface area (Å²) in [6.07, 6.45) is 6.48. The van der Waals surface area contributed by atoms with Crippen LogP contribution in [0, 0.1) is 0 Å². The van der Waals surface area contributed by atoms with Gasteiger partial charge in [0, 0.05) is 0 Å². The van der Waals surface area contributed by atoms with Gasteiger partial charge in [0.05, 0.1) is 29.7 Å². The number of fused-ring (bicyclic) bond motifs is 1. The summed E-state index contributed by atoms with van der Waals surface area (Å²) in [5.74, 6) is 0.576. The number of nitrogens with two attached hydrogens (primary N) is 1. The lowest BCUT2D eigenvalue weighted by molar-refractivity contribution is 0.473. The van der Waals surface area contributed by atoms with Gasteiger partial charge in [-0.2, -0.15) is 8.75 Å². The van der Waals surface area contributed by atoms with Gasteiger partial charge in [-0.3, -0.25) is 0 Å². The van der Waals surface area contributed by atoms with Crippen molar-refractivity contribution >= 4 is 11.7 Å². The van der Waals surface area contributed by atoms with Gasteiger partial charge in [-0.15, -0.1) is 0 Å². The second-order valence-electron chi connectivity index (χ2n) is 4.96. The van der Waals surface area contributed by atoms with Crippen molar-refractivity contribution in [3.63, 3.8) is 0 Å². The van der Waals surface area contributed by atoms with E-state index in [9.17, 15) is 0 Å². The average Bonchev–Trinajstić information content (AvgIpc) is 2.93. The first-order valence-electron chi connectivity index (χ1n) is 6.45. The molecule has 0 saturated carbocycles. The highest BCUT2D eigenvalue weighted by atomic mass is 32.1. The molecule has 2 unspecified atom stereocenters. The third-order valence-electron chi connectivity index (χ3n) is 3.79. The summed E-state index contributed by atoms with van der Waals surface area (Å²) in [6.45, 7) is 0. The molecule has 1 aromatic heterocycles. The van der Waals surface area contributed by atoms with Crippen LogP contribution in [0.4, 0.5) is 0 Å². The minimum atomic E-state index is 0.0138. The van der Waals surface area contributed by atoms with Crippen LogP contribution in [-0.2, 0) is 6.42 Å². The largest absolute Gasteiger partial charge is 0.323 e. The lowest BCUT2D eigenvalue weighted by Crippen LogP contribution is -2.18. The van der Waals surface area contributed by atoms with Crippen molar-refractivity contribution in [3.05, 3.63) is 47.3 Å². The van der Waals surface area contributed by atoms with E-state index in [0.29, 0.717) is 5.92 Å². The molecule has 0 fully saturated rings. The molecule has 0 aliphatic heterocycles. The summed E-state index contributed by atoms with van der Waals surface area (Å²) in [6, 6.07) is 8.78. The molecule has 4 heteroatoms. The highest BCUT2D eigenvalue weighted by Crippen LogP contribution is 2.36. The van der Waals surface area contributed by atoms with Crippen LogP contribution in [0.25, 0.3) is 0 Å². The molecule has 0 amide bonds. The molecule has 2 atom stereocenters. The fourth-order valence-electron chi connectivity index (χ4n) is 2.86. The molecule has 2 N–H and O–H groups in total. The Labute approximate surface area is 111 Å². The normalized spacial score (nSPS) is 20.4. The van der Waals surface area contributed by atoms with Crippen molar-refractivity contribution in [3.8, 4) is 0 Å². The molecule has 1 aliphatic carbocycles. The number of aryl methyl sites for hydroxylation is 1. The van der Waals surface area contributed by atoms with E-state index in [1.807, 2.05) is 0 Å². The first kappa shape index (κ1) is 11.8. The molecule has 0 bridgehead atoms. The summed E-state index contributed by atoms with van der Waals surface area (Å²) >= 11 is 1.24. The monoisotopic (exact) mass is 259 g/mol. The average molecular weight is 259 g/mol. The Morgan fingerprint density at radius 1 is 1.39 bits per heavy atom. The Bertz CT molecular complexity index is 510. The Balaban J connectivity index is 1.78. The fraction of sp³-hybridized carbons (Fsp3) is 0.429. The maximum absolute atomic E-state index is 6.23. The van der Waals surface area contributed by atoms with E-state index in [2.05, 4.69) is 33.0 Å². The smallest absolute Gasteiger partial charge is 0.0910 e. The fourth-order valence-corrected chi connectivity index (χ4v) is 3.34. The van der Waals surface area contributed by atoms with Crippen LogP contribution in [-0.4, -0.2) is 8.75 Å². The molecule has 1 aromatic carbocycles. The van der Waals surface area contributed by atoms with Crippen LogP contribution in [0.5, 0.6) is 0 Å². The van der Waals surface area contributed by atoms with Crippen LogP contribution in [0.15, 0.2) is 30.5 Å². The predicted molar refractivity (Wildman–Crippen MR) is 73.6 cm³/mol. The molecule has 0 spiro atoms. The SMILES string of the molecule is NC(CC1CCCc2ccccc21)c1cnsn1. The van der Waals surface area contributed by atoms with Crippen molar-refractivity contribution in [2.45, 2.75) is 37.6 Å². The standard InChI is InChI=1S/C14H17N3S/c15-13(14-9-16-18-17-14)8-11-6-3-5-10-4-1-2-7-12(10)11/h1-2,4,7,9,11,13H,3,5-6,8,15H2. The summed E-state index contributed by atoms with van der Waals surface area (Å²) in [4.78, 5) is 0. The quantitative estimate of drug-likeness (QED) is 0.921. The first-order chi connectivity index (χ1) is 8.84. The van der Waals surface area contributed by atoms with Crippen LogP contribution < -0.4 is 5.73 Å². The molecule has 1 aliphatic rings. The van der Waals surface area contributed by atoms with Gasteiger partial charge in [0.2, 0.25) is 0 Å². The highest BCUT2D eigenvalue weighted by molar-refractivity contribution is 6.99. The maximum atomic E-state index is 6.23. The zero-order valence-corrected chi connectivity index (χ0v) is 11.1. The van der Waals surface area contributed by atoms with Gasteiger partial charge < -0.3 is 5.73 Å². The predicted octanol–water partition coefficient (Wildman–Crippen LogP) is 3.05. The molecule has 3 nitrogen and oxygen atoms in total. The molecular weight excluding hydrogens is 242 g/mol. The summed E-state index contributed by atoms with van der Waals surface area (Å²) in [5.41, 5.74) is 10.2. The van der Waals surface area contributed by atoms with Crippen LogP contribution in [0.2, 0.25) is 0 Å². The lowest BCUT2D eigenvalue weighted by atomic mass is 9.79. The number of hydrogen-bond acceptors (Lipinski definition) is 4. The minimum Gasteiger partial charge on any atom is -0.323 e. The van der Waals surface area contributed by atoms with Gasteiger partial charge in [0.1, 0.15) is 0 Å². The number of rotatable bonds is 3. The second kappa shape index (κ2) is 5.16. The molecule has 1 heterocycles. The van der Waals surface area contributed by atoms with Crippen LogP contribution in [0.3, 0.4) is 0 Å². The van der Waals surface area contributed by atoms with Crippen molar-refractivity contribution < 1.29 is 0 Å². The molecule has 0 saturated heterocycles. The van der Waals surface area contributed by atoms with Crippen LogP contribution in [0.1, 0.15) is 48.0 Å². The molecule has 2 aromatic rings. The number of nitrogens with zero attached hydrogens (tertiary/aromatic N) is 2. The molecule has 3 rings (SSSR count). The second-order valence-corrected chi connectivity index (χ2v) is 5.52. The minimum absolute atomic E-state index is 0.0138. The van der Waals surface area contributed by atoms with E-state index in [4.69, 9.17) is 5.73 Å². The third kappa shape index (κ3) is 2.31. The van der Waals surface area contributed by atoms with Crippen molar-refractivity contribution in [1.29, 1.82) is 0 Å². The lowest BCUT2D eigenvalue weighted by Gasteiger charge is -2.27. The third-order valence-corrected chi connectivity index (χ3v) is 4.28. The summed E-state index contributed by atoms with van der Waals surface area (Å²) in [7, 11) is 0. The van der Waals surface area contributed by atoms with E-state index in [1.165, 1.54) is 42.1 Å². The van der Waals surface area contributed by atoms with E-state index in [1.54, 1.807) is 6.20 Å². The van der Waals surface area contributed by atoms with Gasteiger partial charge in [0.15, 0.2) is 0 Å². The Kier molecular flexibility index (Phi) is 3.39. The Hall–Kier alpha value is -1.26. The maximum Gasteiger partial charge on any atom is 0.0910 e. The van der Waals surface area contributed by atoms with Gasteiger partial charge in [0.25, 0.3) is 0 Å². The number of benzene rings is 1. The van der Waals surface area contributed by atoms with Gasteiger partial charge in [-0.1, -0.05) is 24.3 Å². The van der Waals surface area contributed by atoms with E-state index >= 15 is 0 Å². The van der Waals surface area contributed by atoms with Gasteiger partial charge in [-0.05, 0) is 42.7 Å². The van der Waals surface area contributed by atoms with Crippen LogP contribution >= 0.6 is 11.7 Å². The summed E-state index contributed by atoms with van der Waals surface area (Å²) < 4.78 is 8.27. The Morgan fingerprint density at radius 3 is 3.11 bits per heavy atom. The topological polar surface area (TPSA) is 51.8 Å². The van der Waals surface area contributed by atoms with E-state index < -0.39 is 0 Å². The van der Waals surface area contributed by atoms with Crippen molar-refractivity contribution in [2.75, 3.05) is 0 Å². The molecule has 94 valence electrons. The zero-order chi connectivity index (χ0) is 12.4. The molecule has 18 heavy (non-hydrogen) atoms. The zero-order valence-electron chi connectivity index (χ0n) is 10.2. The van der Waals surface area contributed by atoms with E-state index in [-0.39, 0.29) is 6.04 Å². The number of aromatic nitrogens is 2.